The number of nitrogens with one attached hydrogen (secondary N) is 1. The Morgan fingerprint density at radius 2 is 1.96 bits per heavy atom. The monoisotopic (exact) mass is 351 g/mol. The van der Waals surface area contributed by atoms with Crippen LogP contribution in [0.2, 0.25) is 0 Å². The molecule has 1 aromatic carbocycles. The zero-order valence-corrected chi connectivity index (χ0v) is 12.8. The van der Waals surface area contributed by atoms with Crippen LogP contribution in [0.4, 0.5) is 17.6 Å². The van der Waals surface area contributed by atoms with Gasteiger partial charge >= 0.3 is 6.18 Å². The number of amides is 1. The van der Waals surface area contributed by atoms with Gasteiger partial charge < -0.3 is 9.72 Å². The fourth-order valence-corrected chi connectivity index (χ4v) is 2.39. The summed E-state index contributed by atoms with van der Waals surface area (Å²) in [5.41, 5.74) is 0.524. The zero-order valence-electron chi connectivity index (χ0n) is 12.8. The van der Waals surface area contributed by atoms with E-state index in [1.807, 2.05) is 0 Å². The maximum absolute atomic E-state index is 13.1. The average molecular weight is 351 g/mol. The Morgan fingerprint density at radius 1 is 1.16 bits per heavy atom. The molecule has 0 fully saturated rings. The number of benzene rings is 1. The van der Waals surface area contributed by atoms with E-state index in [2.05, 4.69) is 10.3 Å². The van der Waals surface area contributed by atoms with Crippen LogP contribution in [0, 0.1) is 5.82 Å². The number of hydrogen-bond donors (Lipinski definition) is 1. The van der Waals surface area contributed by atoms with Crippen molar-refractivity contribution in [2.75, 3.05) is 0 Å². The van der Waals surface area contributed by atoms with Gasteiger partial charge in [-0.25, -0.2) is 9.37 Å². The second-order valence-corrected chi connectivity index (χ2v) is 5.50. The smallest absolute Gasteiger partial charge is 0.352 e. The van der Waals surface area contributed by atoms with Crippen LogP contribution in [0.5, 0.6) is 0 Å². The number of aromatic nitrogens is 2. The van der Waals surface area contributed by atoms with Crippen molar-refractivity contribution >= 4 is 11.6 Å². The van der Waals surface area contributed by atoms with E-state index in [4.69, 9.17) is 0 Å². The number of halogens is 4. The normalized spacial score (nSPS) is 11.7. The number of carbonyl (C=O) groups is 1. The first-order valence-corrected chi connectivity index (χ1v) is 7.37. The number of fused-ring (bicyclic) bond motifs is 1. The maximum atomic E-state index is 13.1. The van der Waals surface area contributed by atoms with Crippen molar-refractivity contribution in [3.8, 4) is 0 Å². The molecule has 3 rings (SSSR count). The molecule has 0 aliphatic carbocycles. The third-order valence-corrected chi connectivity index (χ3v) is 3.55. The Kier molecular flexibility index (Phi) is 4.43. The van der Waals surface area contributed by atoms with Crippen LogP contribution >= 0.6 is 0 Å². The summed E-state index contributed by atoms with van der Waals surface area (Å²) < 4.78 is 52.6. The molecule has 8 heteroatoms. The van der Waals surface area contributed by atoms with Crippen LogP contribution in [0.15, 0.2) is 48.8 Å². The lowest BCUT2D eigenvalue weighted by molar-refractivity contribution is -0.137. The van der Waals surface area contributed by atoms with Crippen molar-refractivity contribution in [3.05, 3.63) is 71.4 Å². The number of hydrogen-bond acceptors (Lipinski definition) is 2. The highest BCUT2D eigenvalue weighted by Gasteiger charge is 2.30. The molecule has 0 saturated heterocycles. The van der Waals surface area contributed by atoms with Gasteiger partial charge in [0.1, 0.15) is 11.5 Å². The Hall–Kier alpha value is -2.90. The van der Waals surface area contributed by atoms with Gasteiger partial charge in [-0.15, -0.1) is 0 Å². The minimum atomic E-state index is -4.42. The molecular formula is C17H13F4N3O. The predicted octanol–water partition coefficient (Wildman–Crippen LogP) is 3.35. The van der Waals surface area contributed by atoms with Crippen LogP contribution < -0.4 is 5.32 Å². The van der Waals surface area contributed by atoms with E-state index in [1.54, 1.807) is 0 Å². The number of alkyl halides is 3. The van der Waals surface area contributed by atoms with Gasteiger partial charge in [-0.1, -0.05) is 12.1 Å². The Balaban J connectivity index is 1.62. The lowest BCUT2D eigenvalue weighted by atomic mass is 10.1. The lowest BCUT2D eigenvalue weighted by Gasteiger charge is -2.09. The molecule has 0 unspecified atom stereocenters. The molecule has 3 aromatic rings. The molecule has 1 amide bonds. The molecule has 0 bridgehead atoms. The number of pyridine rings is 1. The standard InChI is InChI=1S/C17H13F4N3O/c18-13-4-5-15-23-14(10-24(15)9-13)7-16(25)22-8-11-2-1-3-12(6-11)17(19,20)21/h1-6,9-10H,7-8H2,(H,22,25). The van der Waals surface area contributed by atoms with E-state index in [1.165, 1.54) is 41.1 Å². The number of rotatable bonds is 4. The molecule has 0 saturated carbocycles. The summed E-state index contributed by atoms with van der Waals surface area (Å²) in [5, 5.41) is 2.55. The number of nitrogens with zero attached hydrogens (tertiary/aromatic N) is 2. The summed E-state index contributed by atoms with van der Waals surface area (Å²) in [6.07, 6.45) is -1.71. The van der Waals surface area contributed by atoms with Gasteiger partial charge in [0.15, 0.2) is 0 Å². The molecule has 25 heavy (non-hydrogen) atoms. The molecule has 1 N–H and O–H groups in total. The highest BCUT2D eigenvalue weighted by molar-refractivity contribution is 5.78. The molecule has 0 aliphatic rings. The summed E-state index contributed by atoms with van der Waals surface area (Å²) in [6.45, 7) is -0.0231. The molecule has 2 aromatic heterocycles. The fourth-order valence-electron chi connectivity index (χ4n) is 2.39. The van der Waals surface area contributed by atoms with Crippen molar-refractivity contribution in [1.82, 2.24) is 14.7 Å². The van der Waals surface area contributed by atoms with Crippen LogP contribution in [-0.4, -0.2) is 15.3 Å². The summed E-state index contributed by atoms with van der Waals surface area (Å²) in [4.78, 5) is 16.1. The summed E-state index contributed by atoms with van der Waals surface area (Å²) in [7, 11) is 0. The number of carbonyl (C=O) groups excluding carboxylic acids is 1. The second-order valence-electron chi connectivity index (χ2n) is 5.50. The highest BCUT2D eigenvalue weighted by atomic mass is 19.4. The Morgan fingerprint density at radius 3 is 2.72 bits per heavy atom. The fraction of sp³-hybridized carbons (Fsp3) is 0.176. The van der Waals surface area contributed by atoms with Crippen molar-refractivity contribution in [1.29, 1.82) is 0 Å². The maximum Gasteiger partial charge on any atom is 0.416 e. The number of imidazole rings is 1. The molecule has 0 radical (unpaired) electrons. The van der Waals surface area contributed by atoms with Gasteiger partial charge in [-0.3, -0.25) is 4.79 Å². The van der Waals surface area contributed by atoms with Crippen molar-refractivity contribution in [2.45, 2.75) is 19.1 Å². The Bertz CT molecular complexity index is 918. The van der Waals surface area contributed by atoms with Gasteiger partial charge in [-0.2, -0.15) is 13.2 Å². The minimum Gasteiger partial charge on any atom is -0.352 e. The Labute approximate surface area is 140 Å². The summed E-state index contributed by atoms with van der Waals surface area (Å²) in [5.74, 6) is -0.813. The van der Waals surface area contributed by atoms with Crippen molar-refractivity contribution in [3.63, 3.8) is 0 Å². The predicted molar refractivity (Wildman–Crippen MR) is 82.1 cm³/mol. The van der Waals surface area contributed by atoms with E-state index < -0.39 is 17.6 Å². The molecule has 4 nitrogen and oxygen atoms in total. The van der Waals surface area contributed by atoms with E-state index >= 15 is 0 Å². The molecule has 0 aliphatic heterocycles. The molecule has 130 valence electrons. The summed E-state index contributed by atoms with van der Waals surface area (Å²) in [6, 6.07) is 7.51. The summed E-state index contributed by atoms with van der Waals surface area (Å²) >= 11 is 0. The van der Waals surface area contributed by atoms with Crippen LogP contribution in [-0.2, 0) is 23.9 Å². The SMILES string of the molecule is O=C(Cc1cn2cc(F)ccc2n1)NCc1cccc(C(F)(F)F)c1. The first-order valence-electron chi connectivity index (χ1n) is 7.37. The quantitative estimate of drug-likeness (QED) is 0.733. The second kappa shape index (κ2) is 6.54. The van der Waals surface area contributed by atoms with E-state index in [0.717, 1.165) is 12.1 Å². The van der Waals surface area contributed by atoms with Crippen molar-refractivity contribution in [2.24, 2.45) is 0 Å². The lowest BCUT2D eigenvalue weighted by Crippen LogP contribution is -2.24. The zero-order chi connectivity index (χ0) is 18.0. The first kappa shape index (κ1) is 16.9. The van der Waals surface area contributed by atoms with Crippen LogP contribution in [0.1, 0.15) is 16.8 Å². The molecule has 0 spiro atoms. The average Bonchev–Trinajstić information content (AvgIpc) is 2.93. The van der Waals surface area contributed by atoms with Crippen LogP contribution in [0.25, 0.3) is 5.65 Å². The van der Waals surface area contributed by atoms with E-state index in [0.29, 0.717) is 16.9 Å². The minimum absolute atomic E-state index is 0.0231. The molecule has 0 atom stereocenters. The van der Waals surface area contributed by atoms with Gasteiger partial charge in [0.05, 0.1) is 17.7 Å². The van der Waals surface area contributed by atoms with Gasteiger partial charge in [-0.05, 0) is 29.8 Å². The van der Waals surface area contributed by atoms with Gasteiger partial charge in [0.25, 0.3) is 0 Å². The third kappa shape index (κ3) is 4.14. The van der Waals surface area contributed by atoms with Crippen molar-refractivity contribution < 1.29 is 22.4 Å². The van der Waals surface area contributed by atoms with Gasteiger partial charge in [0.2, 0.25) is 5.91 Å². The van der Waals surface area contributed by atoms with Crippen LogP contribution in [0.3, 0.4) is 0 Å². The highest BCUT2D eigenvalue weighted by Crippen LogP contribution is 2.29. The van der Waals surface area contributed by atoms with Gasteiger partial charge in [0, 0.05) is 18.9 Å². The molecule has 2 heterocycles. The molecular weight excluding hydrogens is 338 g/mol. The third-order valence-electron chi connectivity index (χ3n) is 3.55. The van der Waals surface area contributed by atoms with E-state index in [9.17, 15) is 22.4 Å². The first-order chi connectivity index (χ1) is 11.8. The topological polar surface area (TPSA) is 46.4 Å². The largest absolute Gasteiger partial charge is 0.416 e. The van der Waals surface area contributed by atoms with E-state index in [-0.39, 0.29) is 18.9 Å².